The van der Waals surface area contributed by atoms with E-state index in [9.17, 15) is 9.59 Å². The molecule has 136 valence electrons. The Kier molecular flexibility index (Phi) is 4.40. The van der Waals surface area contributed by atoms with Crippen LogP contribution in [-0.4, -0.2) is 44.7 Å². The number of pyridine rings is 1. The van der Waals surface area contributed by atoms with Gasteiger partial charge in [-0.05, 0) is 31.7 Å². The van der Waals surface area contributed by atoms with Gasteiger partial charge in [-0.1, -0.05) is 0 Å². The second-order valence-corrected chi connectivity index (χ2v) is 6.97. The number of aryl methyl sites for hydroxylation is 2. The molecule has 0 saturated carbocycles. The van der Waals surface area contributed by atoms with Crippen molar-refractivity contribution in [1.82, 2.24) is 25.1 Å². The lowest BCUT2D eigenvalue weighted by molar-refractivity contribution is -0.117. The SMILES string of the molecule is Cc1nnc2n1CC(CNC(=O)c1cncc(N3CCCC3=O)c1)CC2. The summed E-state index contributed by atoms with van der Waals surface area (Å²) in [5.74, 6) is 2.24. The van der Waals surface area contributed by atoms with Crippen molar-refractivity contribution in [2.75, 3.05) is 18.0 Å². The fraction of sp³-hybridized carbons (Fsp3) is 0.500. The van der Waals surface area contributed by atoms with E-state index < -0.39 is 0 Å². The van der Waals surface area contributed by atoms with Gasteiger partial charge < -0.3 is 14.8 Å². The molecule has 1 atom stereocenters. The molecule has 0 spiro atoms. The van der Waals surface area contributed by atoms with Crippen LogP contribution in [0.1, 0.15) is 41.3 Å². The van der Waals surface area contributed by atoms with E-state index in [-0.39, 0.29) is 11.8 Å². The smallest absolute Gasteiger partial charge is 0.252 e. The van der Waals surface area contributed by atoms with Crippen LogP contribution in [0.2, 0.25) is 0 Å². The van der Waals surface area contributed by atoms with Gasteiger partial charge in [0.2, 0.25) is 5.91 Å². The molecule has 1 unspecified atom stereocenters. The molecule has 8 nitrogen and oxygen atoms in total. The first-order valence-electron chi connectivity index (χ1n) is 9.04. The molecule has 2 aromatic heterocycles. The van der Waals surface area contributed by atoms with Gasteiger partial charge in [-0.25, -0.2) is 0 Å². The van der Waals surface area contributed by atoms with Crippen molar-refractivity contribution >= 4 is 17.5 Å². The first-order valence-corrected chi connectivity index (χ1v) is 9.04. The zero-order valence-electron chi connectivity index (χ0n) is 14.8. The average molecular weight is 354 g/mol. The number of amides is 2. The zero-order chi connectivity index (χ0) is 18.1. The van der Waals surface area contributed by atoms with Crippen LogP contribution in [0.3, 0.4) is 0 Å². The molecule has 8 heteroatoms. The van der Waals surface area contributed by atoms with Gasteiger partial charge in [0.25, 0.3) is 5.91 Å². The maximum atomic E-state index is 12.5. The van der Waals surface area contributed by atoms with Crippen LogP contribution in [0.5, 0.6) is 0 Å². The lowest BCUT2D eigenvalue weighted by Crippen LogP contribution is -2.34. The van der Waals surface area contributed by atoms with E-state index in [0.29, 0.717) is 36.7 Å². The largest absolute Gasteiger partial charge is 0.352 e. The van der Waals surface area contributed by atoms with Crippen molar-refractivity contribution in [3.05, 3.63) is 35.7 Å². The number of carbonyl (C=O) groups is 2. The first-order chi connectivity index (χ1) is 12.6. The second kappa shape index (κ2) is 6.86. The third kappa shape index (κ3) is 3.18. The number of rotatable bonds is 4. The quantitative estimate of drug-likeness (QED) is 0.887. The highest BCUT2D eigenvalue weighted by Crippen LogP contribution is 2.22. The Morgan fingerprint density at radius 1 is 1.31 bits per heavy atom. The number of aromatic nitrogens is 4. The summed E-state index contributed by atoms with van der Waals surface area (Å²) in [4.78, 5) is 30.2. The molecule has 1 saturated heterocycles. The number of fused-ring (bicyclic) bond motifs is 1. The van der Waals surface area contributed by atoms with Crippen LogP contribution in [0.15, 0.2) is 18.5 Å². The summed E-state index contributed by atoms with van der Waals surface area (Å²) in [6.07, 6.45) is 6.46. The number of hydrogen-bond acceptors (Lipinski definition) is 5. The lowest BCUT2D eigenvalue weighted by Gasteiger charge is -2.24. The third-order valence-corrected chi connectivity index (χ3v) is 5.15. The summed E-state index contributed by atoms with van der Waals surface area (Å²) < 4.78 is 2.13. The molecule has 0 aromatic carbocycles. The standard InChI is InChI=1S/C18H22N6O2/c1-12-21-22-16-5-4-13(11-24(12)16)8-20-18(26)14-7-15(10-19-9-14)23-6-2-3-17(23)25/h7,9-10,13H,2-6,8,11H2,1H3,(H,20,26). The lowest BCUT2D eigenvalue weighted by atomic mass is 9.99. The van der Waals surface area contributed by atoms with Gasteiger partial charge in [-0.15, -0.1) is 10.2 Å². The van der Waals surface area contributed by atoms with E-state index in [2.05, 4.69) is 25.1 Å². The molecule has 1 N–H and O–H groups in total. The molecule has 2 amide bonds. The molecular weight excluding hydrogens is 332 g/mol. The summed E-state index contributed by atoms with van der Waals surface area (Å²) in [6.45, 7) is 4.07. The molecule has 0 aliphatic carbocycles. The molecule has 4 rings (SSSR count). The predicted molar refractivity (Wildman–Crippen MR) is 94.7 cm³/mol. The van der Waals surface area contributed by atoms with Gasteiger partial charge in [0.15, 0.2) is 0 Å². The highest BCUT2D eigenvalue weighted by molar-refractivity contribution is 5.98. The van der Waals surface area contributed by atoms with Gasteiger partial charge >= 0.3 is 0 Å². The van der Waals surface area contributed by atoms with Crippen molar-refractivity contribution < 1.29 is 9.59 Å². The molecule has 1 fully saturated rings. The first kappa shape index (κ1) is 16.7. The van der Waals surface area contributed by atoms with Gasteiger partial charge in [0.05, 0.1) is 17.4 Å². The monoisotopic (exact) mass is 354 g/mol. The summed E-state index contributed by atoms with van der Waals surface area (Å²) in [7, 11) is 0. The van der Waals surface area contributed by atoms with Crippen molar-refractivity contribution in [3.8, 4) is 0 Å². The number of nitrogens with one attached hydrogen (secondary N) is 1. The molecule has 2 aliphatic rings. The zero-order valence-corrected chi connectivity index (χ0v) is 14.8. The maximum Gasteiger partial charge on any atom is 0.252 e. The Morgan fingerprint density at radius 2 is 2.19 bits per heavy atom. The average Bonchev–Trinajstić information content (AvgIpc) is 3.25. The Balaban J connectivity index is 1.38. The van der Waals surface area contributed by atoms with Crippen LogP contribution in [0.25, 0.3) is 0 Å². The Labute approximate surface area is 151 Å². The normalized spacial score (nSPS) is 19.5. The fourth-order valence-corrected chi connectivity index (χ4v) is 3.66. The Morgan fingerprint density at radius 3 is 3.00 bits per heavy atom. The minimum absolute atomic E-state index is 0.0895. The fourth-order valence-electron chi connectivity index (χ4n) is 3.66. The molecular formula is C18H22N6O2. The van der Waals surface area contributed by atoms with E-state index >= 15 is 0 Å². The highest BCUT2D eigenvalue weighted by Gasteiger charge is 2.24. The van der Waals surface area contributed by atoms with E-state index in [0.717, 1.165) is 37.5 Å². The molecule has 26 heavy (non-hydrogen) atoms. The van der Waals surface area contributed by atoms with Crippen molar-refractivity contribution in [1.29, 1.82) is 0 Å². The number of nitrogens with zero attached hydrogens (tertiary/aromatic N) is 5. The summed E-state index contributed by atoms with van der Waals surface area (Å²) >= 11 is 0. The number of anilines is 1. The molecule has 2 aromatic rings. The van der Waals surface area contributed by atoms with Crippen LogP contribution < -0.4 is 10.2 Å². The van der Waals surface area contributed by atoms with Gasteiger partial charge in [-0.3, -0.25) is 14.6 Å². The molecule has 0 radical (unpaired) electrons. The predicted octanol–water partition coefficient (Wildman–Crippen LogP) is 1.10. The van der Waals surface area contributed by atoms with Crippen LogP contribution in [0, 0.1) is 12.8 Å². The highest BCUT2D eigenvalue weighted by atomic mass is 16.2. The summed E-state index contributed by atoms with van der Waals surface area (Å²) in [6, 6.07) is 1.74. The second-order valence-electron chi connectivity index (χ2n) is 6.97. The summed E-state index contributed by atoms with van der Waals surface area (Å²) in [5.41, 5.74) is 1.18. The van der Waals surface area contributed by atoms with Crippen LogP contribution in [0.4, 0.5) is 5.69 Å². The number of carbonyl (C=O) groups excluding carboxylic acids is 2. The van der Waals surface area contributed by atoms with Gasteiger partial charge in [-0.2, -0.15) is 0 Å². The van der Waals surface area contributed by atoms with Crippen molar-refractivity contribution in [3.63, 3.8) is 0 Å². The van der Waals surface area contributed by atoms with Gasteiger partial charge in [0.1, 0.15) is 11.6 Å². The Bertz CT molecular complexity index is 846. The molecule has 4 heterocycles. The van der Waals surface area contributed by atoms with E-state index in [1.807, 2.05) is 6.92 Å². The maximum absolute atomic E-state index is 12.5. The van der Waals surface area contributed by atoms with Crippen LogP contribution in [-0.2, 0) is 17.8 Å². The van der Waals surface area contributed by atoms with E-state index in [4.69, 9.17) is 0 Å². The third-order valence-electron chi connectivity index (χ3n) is 5.15. The van der Waals surface area contributed by atoms with E-state index in [1.54, 1.807) is 23.4 Å². The van der Waals surface area contributed by atoms with Crippen molar-refractivity contribution in [2.24, 2.45) is 5.92 Å². The number of hydrogen-bond donors (Lipinski definition) is 1. The van der Waals surface area contributed by atoms with Crippen molar-refractivity contribution in [2.45, 2.75) is 39.2 Å². The topological polar surface area (TPSA) is 93.0 Å². The van der Waals surface area contributed by atoms with Crippen LogP contribution >= 0.6 is 0 Å². The Hall–Kier alpha value is -2.77. The molecule has 2 aliphatic heterocycles. The minimum Gasteiger partial charge on any atom is -0.352 e. The molecule has 0 bridgehead atoms. The minimum atomic E-state index is -0.155. The van der Waals surface area contributed by atoms with E-state index in [1.165, 1.54) is 0 Å². The van der Waals surface area contributed by atoms with Gasteiger partial charge in [0, 0.05) is 38.7 Å². The summed E-state index contributed by atoms with van der Waals surface area (Å²) in [5, 5.41) is 11.3.